The standard InChI is InChI=1S/C8H13N.C2H6/c1-5-6-9-8(4)7(2)3;1-2/h5-6H,1H2,2-4H3;1-2H3. The lowest BCUT2D eigenvalue weighted by Gasteiger charge is -1.91. The third-order valence-corrected chi connectivity index (χ3v) is 1.10. The van der Waals surface area contributed by atoms with Crippen molar-refractivity contribution in [2.45, 2.75) is 34.6 Å². The van der Waals surface area contributed by atoms with E-state index in [1.54, 1.807) is 12.3 Å². The molecule has 0 aromatic heterocycles. The van der Waals surface area contributed by atoms with Gasteiger partial charge in [-0.25, -0.2) is 0 Å². The summed E-state index contributed by atoms with van der Waals surface area (Å²) in [6.07, 6.45) is 3.37. The first-order valence-electron chi connectivity index (χ1n) is 3.97. The summed E-state index contributed by atoms with van der Waals surface area (Å²) in [4.78, 5) is 4.08. The van der Waals surface area contributed by atoms with Crippen molar-refractivity contribution in [1.82, 2.24) is 0 Å². The molecule has 1 heteroatoms. The lowest BCUT2D eigenvalue weighted by molar-refractivity contribution is 1.20. The smallest absolute Gasteiger partial charge is 0.0359 e. The fourth-order valence-corrected chi connectivity index (χ4v) is 0.294. The maximum Gasteiger partial charge on any atom is 0.0359 e. The Morgan fingerprint density at radius 3 is 1.91 bits per heavy atom. The Balaban J connectivity index is 0. The van der Waals surface area contributed by atoms with Crippen molar-refractivity contribution in [2.75, 3.05) is 0 Å². The molecule has 0 rings (SSSR count). The van der Waals surface area contributed by atoms with Crippen LogP contribution in [-0.4, -0.2) is 6.21 Å². The molecule has 0 aromatic carbocycles. The summed E-state index contributed by atoms with van der Waals surface area (Å²) >= 11 is 0. The largest absolute Gasteiger partial charge is 0.262 e. The summed E-state index contributed by atoms with van der Waals surface area (Å²) in [6.45, 7) is 13.6. The number of allylic oxidation sites excluding steroid dienone is 3. The molecule has 1 nitrogen and oxygen atoms in total. The van der Waals surface area contributed by atoms with Gasteiger partial charge in [0.05, 0.1) is 0 Å². The molecule has 0 spiro atoms. The van der Waals surface area contributed by atoms with E-state index in [0.29, 0.717) is 0 Å². The number of nitrogens with zero attached hydrogens (tertiary/aromatic N) is 1. The van der Waals surface area contributed by atoms with E-state index in [9.17, 15) is 0 Å². The van der Waals surface area contributed by atoms with Gasteiger partial charge in [0, 0.05) is 11.9 Å². The van der Waals surface area contributed by atoms with Gasteiger partial charge in [0.2, 0.25) is 0 Å². The second kappa shape index (κ2) is 9.15. The SMILES string of the molecule is C=CC=NC(C)=C(C)C.CC. The molecule has 0 saturated carbocycles. The first-order chi connectivity index (χ1) is 5.18. The maximum absolute atomic E-state index is 4.08. The minimum atomic E-state index is 1.06. The fraction of sp³-hybridized carbons (Fsp3) is 0.500. The molecular weight excluding hydrogens is 134 g/mol. The van der Waals surface area contributed by atoms with Gasteiger partial charge in [-0.1, -0.05) is 32.1 Å². The van der Waals surface area contributed by atoms with E-state index in [0.717, 1.165) is 5.70 Å². The topological polar surface area (TPSA) is 12.4 Å². The van der Waals surface area contributed by atoms with Crippen molar-refractivity contribution in [1.29, 1.82) is 0 Å². The van der Waals surface area contributed by atoms with E-state index in [2.05, 4.69) is 11.6 Å². The molecular formula is C10H19N. The zero-order chi connectivity index (χ0) is 9.28. The predicted octanol–water partition coefficient (Wildman–Crippen LogP) is 3.58. The van der Waals surface area contributed by atoms with Crippen LogP contribution in [0.25, 0.3) is 0 Å². The van der Waals surface area contributed by atoms with Crippen molar-refractivity contribution in [3.63, 3.8) is 0 Å². The van der Waals surface area contributed by atoms with Gasteiger partial charge < -0.3 is 0 Å². The summed E-state index contributed by atoms with van der Waals surface area (Å²) < 4.78 is 0. The highest BCUT2D eigenvalue weighted by Gasteiger charge is 1.82. The Labute approximate surface area is 70.5 Å². The first kappa shape index (κ1) is 12.8. The number of hydrogen-bond donors (Lipinski definition) is 0. The van der Waals surface area contributed by atoms with Crippen molar-refractivity contribution >= 4 is 6.21 Å². The summed E-state index contributed by atoms with van der Waals surface area (Å²) in [6, 6.07) is 0. The first-order valence-corrected chi connectivity index (χ1v) is 3.97. The van der Waals surface area contributed by atoms with E-state index in [1.165, 1.54) is 5.57 Å². The van der Waals surface area contributed by atoms with Crippen LogP contribution in [0.3, 0.4) is 0 Å². The van der Waals surface area contributed by atoms with Crippen LogP contribution in [0.1, 0.15) is 34.6 Å². The second-order valence-corrected chi connectivity index (χ2v) is 2.10. The fourth-order valence-electron chi connectivity index (χ4n) is 0.294. The Kier molecular flexibility index (Phi) is 10.6. The van der Waals surface area contributed by atoms with Crippen LogP contribution >= 0.6 is 0 Å². The van der Waals surface area contributed by atoms with Crippen molar-refractivity contribution in [3.8, 4) is 0 Å². The lowest BCUT2D eigenvalue weighted by atomic mass is 10.3. The molecule has 0 amide bonds. The minimum absolute atomic E-state index is 1.06. The molecule has 0 aliphatic carbocycles. The van der Waals surface area contributed by atoms with Crippen LogP contribution in [0.4, 0.5) is 0 Å². The van der Waals surface area contributed by atoms with Gasteiger partial charge in [0.25, 0.3) is 0 Å². The summed E-state index contributed by atoms with van der Waals surface area (Å²) in [5.41, 5.74) is 2.31. The van der Waals surface area contributed by atoms with Crippen LogP contribution in [0.2, 0.25) is 0 Å². The molecule has 0 atom stereocenters. The van der Waals surface area contributed by atoms with Gasteiger partial charge in [-0.15, -0.1) is 0 Å². The second-order valence-electron chi connectivity index (χ2n) is 2.10. The molecule has 64 valence electrons. The molecule has 0 aliphatic rings. The van der Waals surface area contributed by atoms with Gasteiger partial charge in [0.1, 0.15) is 0 Å². The third kappa shape index (κ3) is 9.15. The van der Waals surface area contributed by atoms with Crippen LogP contribution in [-0.2, 0) is 0 Å². The van der Waals surface area contributed by atoms with Gasteiger partial charge >= 0.3 is 0 Å². The monoisotopic (exact) mass is 153 g/mol. The van der Waals surface area contributed by atoms with E-state index in [-0.39, 0.29) is 0 Å². The predicted molar refractivity (Wildman–Crippen MR) is 54.1 cm³/mol. The Morgan fingerprint density at radius 1 is 1.18 bits per heavy atom. The average Bonchev–Trinajstić information content (AvgIpc) is 2.03. The van der Waals surface area contributed by atoms with Crippen LogP contribution in [0.15, 0.2) is 28.9 Å². The molecule has 0 bridgehead atoms. The van der Waals surface area contributed by atoms with Crippen LogP contribution < -0.4 is 0 Å². The molecule has 0 aromatic rings. The van der Waals surface area contributed by atoms with Gasteiger partial charge in [-0.3, -0.25) is 4.99 Å². The van der Waals surface area contributed by atoms with Crippen LogP contribution in [0, 0.1) is 0 Å². The molecule has 0 aliphatic heterocycles. The highest BCUT2D eigenvalue weighted by molar-refractivity contribution is 5.71. The molecule has 0 unspecified atom stereocenters. The number of aliphatic imine (C=N–C) groups is 1. The Bertz CT molecular complexity index is 148. The molecule has 0 saturated heterocycles. The van der Waals surface area contributed by atoms with Gasteiger partial charge in [0.15, 0.2) is 0 Å². The zero-order valence-electron chi connectivity index (χ0n) is 8.31. The van der Waals surface area contributed by atoms with Crippen molar-refractivity contribution in [3.05, 3.63) is 23.9 Å². The Hall–Kier alpha value is -0.850. The summed E-state index contributed by atoms with van der Waals surface area (Å²) in [5.74, 6) is 0. The molecule has 0 heterocycles. The van der Waals surface area contributed by atoms with E-state index in [4.69, 9.17) is 0 Å². The lowest BCUT2D eigenvalue weighted by Crippen LogP contribution is -1.73. The van der Waals surface area contributed by atoms with Gasteiger partial charge in [-0.2, -0.15) is 0 Å². The number of hydrogen-bond acceptors (Lipinski definition) is 1. The van der Waals surface area contributed by atoms with Crippen LogP contribution in [0.5, 0.6) is 0 Å². The summed E-state index contributed by atoms with van der Waals surface area (Å²) in [7, 11) is 0. The summed E-state index contributed by atoms with van der Waals surface area (Å²) in [5, 5.41) is 0. The maximum atomic E-state index is 4.08. The number of rotatable bonds is 2. The quantitative estimate of drug-likeness (QED) is 0.538. The minimum Gasteiger partial charge on any atom is -0.262 e. The highest BCUT2D eigenvalue weighted by atomic mass is 14.7. The molecule has 0 radical (unpaired) electrons. The molecule has 11 heavy (non-hydrogen) atoms. The highest BCUT2D eigenvalue weighted by Crippen LogP contribution is 2.01. The normalized spacial score (nSPS) is 8.45. The van der Waals surface area contributed by atoms with E-state index < -0.39 is 0 Å². The van der Waals surface area contributed by atoms with Crippen molar-refractivity contribution in [2.24, 2.45) is 4.99 Å². The average molecular weight is 153 g/mol. The van der Waals surface area contributed by atoms with E-state index >= 15 is 0 Å². The van der Waals surface area contributed by atoms with Crippen molar-refractivity contribution < 1.29 is 0 Å². The van der Waals surface area contributed by atoms with E-state index in [1.807, 2.05) is 34.6 Å². The molecule has 0 fully saturated rings. The Morgan fingerprint density at radius 2 is 1.64 bits per heavy atom. The zero-order valence-corrected chi connectivity index (χ0v) is 8.31. The van der Waals surface area contributed by atoms with Gasteiger partial charge in [-0.05, 0) is 20.8 Å². The third-order valence-electron chi connectivity index (χ3n) is 1.10. The molecule has 0 N–H and O–H groups in total.